The zero-order chi connectivity index (χ0) is 45.4. The number of benzene rings is 5. The molecule has 66 heavy (non-hydrogen) atoms. The van der Waals surface area contributed by atoms with Gasteiger partial charge in [0.2, 0.25) is 5.78 Å². The Kier molecular flexibility index (Phi) is 21.0. The van der Waals surface area contributed by atoms with Gasteiger partial charge in [-0.3, -0.25) is 10.2 Å². The molecule has 0 unspecified atom stereocenters. The monoisotopic (exact) mass is 1010 g/mol. The number of allylic oxidation sites excluding steroid dienone is 1. The fraction of sp³-hybridized carbons (Fsp3) is 0. The summed E-state index contributed by atoms with van der Waals surface area (Å²) in [5.41, 5.74) is 15.9. The molecule has 0 fully saturated rings. The number of hydrazone groups is 1. The fourth-order valence-corrected chi connectivity index (χ4v) is 8.35. The topological polar surface area (TPSA) is 398 Å². The van der Waals surface area contributed by atoms with E-state index in [9.17, 15) is 56.7 Å². The van der Waals surface area contributed by atoms with Gasteiger partial charge < -0.3 is 35.4 Å². The molecule has 0 aromatic heterocycles. The van der Waals surface area contributed by atoms with Crippen LogP contribution >= 0.6 is 0 Å². The van der Waals surface area contributed by atoms with Crippen LogP contribution in [0.3, 0.4) is 0 Å². The zero-order valence-electron chi connectivity index (χ0n) is 34.8. The number of hydrogen-bond donors (Lipinski definition) is 4. The summed E-state index contributed by atoms with van der Waals surface area (Å²) in [7, 11) is -21.6. The first-order valence-corrected chi connectivity index (χ1v) is 22.5. The van der Waals surface area contributed by atoms with Gasteiger partial charge in [0.05, 0.1) is 53.6 Å². The van der Waals surface area contributed by atoms with E-state index in [1.54, 1.807) is 18.2 Å². The number of nitrogen functional groups attached to an aromatic ring is 3. The zero-order valence-corrected chi connectivity index (χ0v) is 46.1. The Bertz CT molecular complexity index is 3340. The number of rotatable bonds is 12. The van der Waals surface area contributed by atoms with Crippen molar-refractivity contribution in [2.75, 3.05) is 22.6 Å². The van der Waals surface area contributed by atoms with Gasteiger partial charge in [-0.1, -0.05) is 42.5 Å². The summed E-state index contributed by atoms with van der Waals surface area (Å²) in [4.78, 5) is 9.48. The van der Waals surface area contributed by atoms with Crippen LogP contribution in [0.2, 0.25) is 0 Å². The predicted octanol–water partition coefficient (Wildman–Crippen LogP) is -7.29. The van der Waals surface area contributed by atoms with Gasteiger partial charge in [-0.2, -0.15) is 15.3 Å². The standard InChI is InChI=1S/C36H29N9O13S4.4Na/c37-22-10-13-27(26(38)16-22)43-41-24-11-8-19(28(17-24)59(47,48)49)6-7-20-9-12-25(18-29(20)60(50,51)52)42-44-34-30(61(53,54)55)14-21-15-31(62(56,57)58)35(36(46)32(21)33(34)39)45-40-23-4-2-1-3-5-23;;;;/h1-18,40H,37-39H2,(H,47,48,49)(H,50,51,52)(H,53,54,55)(H,56,57,58);;;;/q;4*+1/p-4/b7-6+,43-41?,44-42?,45-35+;;;;. The van der Waals surface area contributed by atoms with Crippen LogP contribution in [0.5, 0.6) is 0 Å². The maximum absolute atomic E-state index is 13.7. The Balaban J connectivity index is 0.00000374. The van der Waals surface area contributed by atoms with Crippen LogP contribution in [0, 0.1) is 0 Å². The molecule has 0 heterocycles. The van der Waals surface area contributed by atoms with Crippen LogP contribution in [0.15, 0.2) is 136 Å². The van der Waals surface area contributed by atoms with Gasteiger partial charge in [-0.15, -0.1) is 10.2 Å². The molecule has 1 aliphatic carbocycles. The Labute approximate surface area is 465 Å². The van der Waals surface area contributed by atoms with E-state index in [-0.39, 0.29) is 152 Å². The summed E-state index contributed by atoms with van der Waals surface area (Å²) in [6.07, 6.45) is 2.58. The molecule has 0 radical (unpaired) electrons. The van der Waals surface area contributed by atoms with Crippen molar-refractivity contribution in [3.63, 3.8) is 0 Å². The third kappa shape index (κ3) is 14.3. The van der Waals surface area contributed by atoms with E-state index in [0.29, 0.717) is 23.9 Å². The fourth-order valence-electron chi connectivity index (χ4n) is 5.66. The average molecular weight is 1010 g/mol. The molecule has 0 aliphatic heterocycles. The normalized spacial score (nSPS) is 13.6. The van der Waals surface area contributed by atoms with E-state index in [4.69, 9.17) is 17.2 Å². The van der Waals surface area contributed by atoms with Crippen molar-refractivity contribution in [1.29, 1.82) is 0 Å². The van der Waals surface area contributed by atoms with Crippen molar-refractivity contribution in [2.24, 2.45) is 25.6 Å². The van der Waals surface area contributed by atoms with Crippen LogP contribution in [0.4, 0.5) is 45.5 Å². The first kappa shape index (κ1) is 59.1. The van der Waals surface area contributed by atoms with Gasteiger partial charge in [0.1, 0.15) is 57.6 Å². The van der Waals surface area contributed by atoms with E-state index < -0.39 is 99.7 Å². The Morgan fingerprint density at radius 2 is 1.08 bits per heavy atom. The van der Waals surface area contributed by atoms with Gasteiger partial charge in [0, 0.05) is 5.69 Å². The number of carbonyl (C=O) groups excluding carboxylic acids is 1. The summed E-state index contributed by atoms with van der Waals surface area (Å²) in [5, 5.41) is 19.0. The minimum atomic E-state index is -5.57. The minimum absolute atomic E-state index is 0. The van der Waals surface area contributed by atoms with Gasteiger partial charge in [-0.25, -0.2) is 33.7 Å². The van der Waals surface area contributed by atoms with E-state index >= 15 is 0 Å². The minimum Gasteiger partial charge on any atom is -0.744 e. The SMILES string of the molecule is Nc1ccc(N=Nc2ccc(/C=C/c3ccc(N=Nc4c(S(=O)(=O)[O-])cc5c(c4N)C(=O)/C(=N/Nc4ccccc4)C(S(=O)(=O)[O-])=C5)cc3S(=O)(=O)[O-])c(S(=O)(=O)[O-])c2)c(N)c1.[Na+].[Na+].[Na+].[Na+]. The van der Waals surface area contributed by atoms with Gasteiger partial charge in [0.25, 0.3) is 0 Å². The van der Waals surface area contributed by atoms with Crippen molar-refractivity contribution >= 4 is 116 Å². The maximum atomic E-state index is 13.7. The maximum Gasteiger partial charge on any atom is 1.00 e. The number of Topliss-reactive ketones (excluding diaryl/α,β-unsaturated/α-hetero) is 1. The van der Waals surface area contributed by atoms with Crippen molar-refractivity contribution in [1.82, 2.24) is 0 Å². The molecule has 5 aromatic carbocycles. The van der Waals surface area contributed by atoms with E-state index in [1.807, 2.05) is 0 Å². The smallest absolute Gasteiger partial charge is 0.744 e. The number of nitrogens with one attached hydrogen (secondary N) is 1. The van der Waals surface area contributed by atoms with Crippen LogP contribution in [-0.4, -0.2) is 63.4 Å². The Hall–Kier alpha value is -3.04. The molecular weight excluding hydrogens is 987 g/mol. The molecule has 22 nitrogen and oxygen atoms in total. The second-order valence-electron chi connectivity index (χ2n) is 12.7. The summed E-state index contributed by atoms with van der Waals surface area (Å²) in [6.45, 7) is 0. The number of azo groups is 2. The molecule has 1 aliphatic rings. The van der Waals surface area contributed by atoms with Crippen molar-refractivity contribution in [3.05, 3.63) is 118 Å². The summed E-state index contributed by atoms with van der Waals surface area (Å²) < 4.78 is 148. The van der Waals surface area contributed by atoms with Gasteiger partial charge in [-0.05, 0) is 83.4 Å². The van der Waals surface area contributed by atoms with Crippen LogP contribution in [0.25, 0.3) is 18.2 Å². The molecule has 0 amide bonds. The number of fused-ring (bicyclic) bond motifs is 1. The van der Waals surface area contributed by atoms with E-state index in [0.717, 1.165) is 36.4 Å². The summed E-state index contributed by atoms with van der Waals surface area (Å²) in [6, 6.07) is 18.7. The number of nitrogens with zero attached hydrogens (tertiary/aromatic N) is 5. The van der Waals surface area contributed by atoms with Gasteiger partial charge >= 0.3 is 118 Å². The second kappa shape index (κ2) is 23.5. The Morgan fingerprint density at radius 3 is 1.56 bits per heavy atom. The Morgan fingerprint density at radius 1 is 0.561 bits per heavy atom. The van der Waals surface area contributed by atoms with Crippen molar-refractivity contribution < 1.29 is 175 Å². The van der Waals surface area contributed by atoms with Crippen LogP contribution in [0.1, 0.15) is 27.0 Å². The number of ketones is 1. The third-order valence-corrected chi connectivity index (χ3v) is 12.0. The molecular formula is C36H25N9Na4O13S4. The number of nitrogens with two attached hydrogens (primary N) is 3. The predicted molar refractivity (Wildman–Crippen MR) is 220 cm³/mol. The molecule has 0 saturated heterocycles. The molecule has 6 rings (SSSR count). The first-order valence-electron chi connectivity index (χ1n) is 16.8. The molecule has 0 bridgehead atoms. The van der Waals surface area contributed by atoms with Crippen LogP contribution in [-0.2, 0) is 40.5 Å². The summed E-state index contributed by atoms with van der Waals surface area (Å²) >= 11 is 0. The number of para-hydroxylation sites is 1. The number of hydrogen-bond acceptors (Lipinski definition) is 22. The molecule has 30 heteroatoms. The summed E-state index contributed by atoms with van der Waals surface area (Å²) in [5.74, 6) is -1.31. The van der Waals surface area contributed by atoms with Crippen molar-refractivity contribution in [2.45, 2.75) is 14.7 Å². The first-order chi connectivity index (χ1) is 28.9. The molecule has 7 N–H and O–H groups in total. The molecule has 5 aromatic rings. The average Bonchev–Trinajstić information content (AvgIpc) is 3.18. The molecule has 320 valence electrons. The quantitative estimate of drug-likeness (QED) is 0.0225. The molecule has 0 saturated carbocycles. The second-order valence-corrected chi connectivity index (χ2v) is 18.1. The largest absolute Gasteiger partial charge is 1.00 e. The van der Waals surface area contributed by atoms with E-state index in [1.165, 1.54) is 36.4 Å². The van der Waals surface area contributed by atoms with Gasteiger partial charge in [0.15, 0.2) is 0 Å². The third-order valence-electron chi connectivity index (χ3n) is 8.47. The molecule has 0 spiro atoms. The molecule has 0 atom stereocenters. The number of anilines is 4. The van der Waals surface area contributed by atoms with Crippen molar-refractivity contribution in [3.8, 4) is 0 Å². The van der Waals surface area contributed by atoms with Crippen LogP contribution < -0.4 is 141 Å². The number of carbonyl (C=O) groups is 1. The van der Waals surface area contributed by atoms with E-state index in [2.05, 4.69) is 31.0 Å².